The Kier molecular flexibility index (Phi) is 2.59. The number of Topliss-reactive ketones (excluding diaryl/α,β-unsaturated/α-hetero) is 1. The fourth-order valence-electron chi connectivity index (χ4n) is 0.925. The Morgan fingerprint density at radius 1 is 1.21 bits per heavy atom. The number of hydrogen-bond acceptors (Lipinski definition) is 5. The number of carbonyl (C=O) groups excluding carboxylic acids is 3. The van der Waals surface area contributed by atoms with Gasteiger partial charge in [-0.1, -0.05) is 20.8 Å². The van der Waals surface area contributed by atoms with E-state index in [0.29, 0.717) is 0 Å². The van der Waals surface area contributed by atoms with Crippen molar-refractivity contribution in [3.8, 4) is 0 Å². The molecule has 0 radical (unpaired) electrons. The summed E-state index contributed by atoms with van der Waals surface area (Å²) in [5, 5.41) is 0. The zero-order valence-corrected chi connectivity index (χ0v) is 8.33. The van der Waals surface area contributed by atoms with Crippen molar-refractivity contribution in [1.29, 1.82) is 0 Å². The number of ketones is 1. The SMILES string of the molecule is CC(C)(C)C(=O)C1OC(=O)CC(=O)O1. The molecule has 0 aromatic carbocycles. The minimum atomic E-state index is -1.37. The van der Waals surface area contributed by atoms with Gasteiger partial charge >= 0.3 is 18.2 Å². The molecule has 1 rings (SSSR count). The third-order valence-corrected chi connectivity index (χ3v) is 1.72. The van der Waals surface area contributed by atoms with Crippen LogP contribution in [0, 0.1) is 5.41 Å². The van der Waals surface area contributed by atoms with Crippen molar-refractivity contribution in [3.63, 3.8) is 0 Å². The Hall–Kier alpha value is -1.39. The lowest BCUT2D eigenvalue weighted by Gasteiger charge is -2.26. The van der Waals surface area contributed by atoms with Crippen LogP contribution < -0.4 is 0 Å². The van der Waals surface area contributed by atoms with E-state index in [-0.39, 0.29) is 0 Å². The van der Waals surface area contributed by atoms with Gasteiger partial charge in [-0.05, 0) is 0 Å². The van der Waals surface area contributed by atoms with Crippen LogP contribution in [-0.4, -0.2) is 24.0 Å². The molecule has 0 atom stereocenters. The summed E-state index contributed by atoms with van der Waals surface area (Å²) in [6.45, 7) is 4.98. The molecule has 1 saturated heterocycles. The number of hydrogen-bond donors (Lipinski definition) is 0. The molecule has 1 aliphatic heterocycles. The van der Waals surface area contributed by atoms with E-state index in [4.69, 9.17) is 0 Å². The van der Waals surface area contributed by atoms with Crippen molar-refractivity contribution in [2.24, 2.45) is 5.41 Å². The predicted octanol–water partition coefficient (Wildman–Crippen LogP) is 0.418. The van der Waals surface area contributed by atoms with E-state index < -0.39 is 35.8 Å². The van der Waals surface area contributed by atoms with Crippen LogP contribution in [0.2, 0.25) is 0 Å². The standard InChI is InChI=1S/C9H12O5/c1-9(2,3)7(12)8-13-5(10)4-6(11)14-8/h8H,4H2,1-3H3. The normalized spacial score (nSPS) is 18.8. The van der Waals surface area contributed by atoms with Gasteiger partial charge in [0.15, 0.2) is 0 Å². The van der Waals surface area contributed by atoms with Crippen LogP contribution >= 0.6 is 0 Å². The molecule has 0 amide bonds. The zero-order valence-electron chi connectivity index (χ0n) is 8.33. The van der Waals surface area contributed by atoms with Crippen molar-refractivity contribution in [2.45, 2.75) is 33.5 Å². The van der Waals surface area contributed by atoms with Crippen molar-refractivity contribution in [3.05, 3.63) is 0 Å². The van der Waals surface area contributed by atoms with Gasteiger partial charge in [0.05, 0.1) is 0 Å². The summed E-state index contributed by atoms with van der Waals surface area (Å²) < 4.78 is 9.23. The van der Waals surface area contributed by atoms with Gasteiger partial charge in [0.25, 0.3) is 0 Å². The van der Waals surface area contributed by atoms with Gasteiger partial charge < -0.3 is 9.47 Å². The highest BCUT2D eigenvalue weighted by Crippen LogP contribution is 2.21. The molecule has 5 nitrogen and oxygen atoms in total. The first-order valence-corrected chi connectivity index (χ1v) is 4.24. The summed E-state index contributed by atoms with van der Waals surface area (Å²) in [7, 11) is 0. The molecule has 0 aliphatic carbocycles. The largest absolute Gasteiger partial charge is 0.417 e. The van der Waals surface area contributed by atoms with Crippen LogP contribution in [0.4, 0.5) is 0 Å². The van der Waals surface area contributed by atoms with Crippen LogP contribution in [0.3, 0.4) is 0 Å². The summed E-state index contributed by atoms with van der Waals surface area (Å²) in [4.78, 5) is 33.2. The maximum atomic E-state index is 11.6. The van der Waals surface area contributed by atoms with E-state index in [0.717, 1.165) is 0 Å². The molecule has 0 spiro atoms. The molecule has 1 aliphatic rings. The van der Waals surface area contributed by atoms with Gasteiger partial charge in [0.1, 0.15) is 6.42 Å². The van der Waals surface area contributed by atoms with Gasteiger partial charge in [0.2, 0.25) is 5.78 Å². The molecule has 1 fully saturated rings. The molecule has 78 valence electrons. The first kappa shape index (κ1) is 10.7. The Bertz CT molecular complexity index is 270. The van der Waals surface area contributed by atoms with Gasteiger partial charge in [-0.2, -0.15) is 0 Å². The van der Waals surface area contributed by atoms with Crippen molar-refractivity contribution in [1.82, 2.24) is 0 Å². The topological polar surface area (TPSA) is 69.7 Å². The van der Waals surface area contributed by atoms with Crippen molar-refractivity contribution in [2.75, 3.05) is 0 Å². The maximum Gasteiger partial charge on any atom is 0.320 e. The Morgan fingerprint density at radius 2 is 1.64 bits per heavy atom. The Morgan fingerprint density at radius 3 is 2.00 bits per heavy atom. The van der Waals surface area contributed by atoms with Crippen molar-refractivity contribution < 1.29 is 23.9 Å². The van der Waals surface area contributed by atoms with E-state index >= 15 is 0 Å². The third kappa shape index (κ3) is 2.31. The number of rotatable bonds is 1. The Labute approximate surface area is 81.4 Å². The molecule has 0 aromatic heterocycles. The van der Waals surface area contributed by atoms with Crippen LogP contribution in [-0.2, 0) is 23.9 Å². The maximum absolute atomic E-state index is 11.6. The summed E-state index contributed by atoms with van der Waals surface area (Å²) in [6, 6.07) is 0. The first-order valence-electron chi connectivity index (χ1n) is 4.24. The van der Waals surface area contributed by atoms with Gasteiger partial charge in [-0.25, -0.2) is 0 Å². The summed E-state index contributed by atoms with van der Waals surface area (Å²) >= 11 is 0. The second kappa shape index (κ2) is 3.40. The van der Waals surface area contributed by atoms with E-state index in [9.17, 15) is 14.4 Å². The lowest BCUT2D eigenvalue weighted by Crippen LogP contribution is -2.43. The second-order valence-corrected chi connectivity index (χ2v) is 4.10. The average Bonchev–Trinajstić information content (AvgIpc) is 1.99. The quantitative estimate of drug-likeness (QED) is 0.453. The van der Waals surface area contributed by atoms with Crippen LogP contribution in [0.1, 0.15) is 27.2 Å². The van der Waals surface area contributed by atoms with E-state index in [1.165, 1.54) is 0 Å². The van der Waals surface area contributed by atoms with Crippen LogP contribution in [0.15, 0.2) is 0 Å². The molecule has 0 bridgehead atoms. The number of cyclic esters (lactones) is 2. The Balaban J connectivity index is 2.74. The summed E-state index contributed by atoms with van der Waals surface area (Å²) in [5.74, 6) is -1.85. The molecule has 5 heteroatoms. The molecule has 0 N–H and O–H groups in total. The monoisotopic (exact) mass is 200 g/mol. The fourth-order valence-corrected chi connectivity index (χ4v) is 0.925. The smallest absolute Gasteiger partial charge is 0.320 e. The number of ether oxygens (including phenoxy) is 2. The highest BCUT2D eigenvalue weighted by atomic mass is 16.7. The lowest BCUT2D eigenvalue weighted by atomic mass is 9.90. The molecular weight excluding hydrogens is 188 g/mol. The van der Waals surface area contributed by atoms with E-state index in [2.05, 4.69) is 9.47 Å². The molecule has 1 heterocycles. The van der Waals surface area contributed by atoms with Gasteiger partial charge in [-0.3, -0.25) is 14.4 Å². The second-order valence-electron chi connectivity index (χ2n) is 4.10. The zero-order chi connectivity index (χ0) is 10.9. The number of carbonyl (C=O) groups is 3. The van der Waals surface area contributed by atoms with Gasteiger partial charge in [0, 0.05) is 5.41 Å². The first-order chi connectivity index (χ1) is 6.30. The van der Waals surface area contributed by atoms with E-state index in [1.807, 2.05) is 0 Å². The summed E-state index contributed by atoms with van der Waals surface area (Å²) in [6.07, 6.45) is -1.79. The van der Waals surface area contributed by atoms with Gasteiger partial charge in [-0.15, -0.1) is 0 Å². The molecule has 0 unspecified atom stereocenters. The fraction of sp³-hybridized carbons (Fsp3) is 0.667. The minimum Gasteiger partial charge on any atom is -0.417 e. The molecule has 0 saturated carbocycles. The average molecular weight is 200 g/mol. The summed E-state index contributed by atoms with van der Waals surface area (Å²) in [5.41, 5.74) is -0.706. The number of esters is 2. The molecule has 14 heavy (non-hydrogen) atoms. The highest BCUT2D eigenvalue weighted by molar-refractivity contribution is 5.98. The highest BCUT2D eigenvalue weighted by Gasteiger charge is 2.38. The van der Waals surface area contributed by atoms with Crippen LogP contribution in [0.5, 0.6) is 0 Å². The predicted molar refractivity (Wildman–Crippen MR) is 45.1 cm³/mol. The molecular formula is C9H12O5. The minimum absolute atomic E-state index is 0.418. The van der Waals surface area contributed by atoms with E-state index in [1.54, 1.807) is 20.8 Å². The third-order valence-electron chi connectivity index (χ3n) is 1.72. The van der Waals surface area contributed by atoms with Crippen LogP contribution in [0.25, 0.3) is 0 Å². The lowest BCUT2D eigenvalue weighted by molar-refractivity contribution is -0.207. The van der Waals surface area contributed by atoms with Crippen molar-refractivity contribution >= 4 is 17.7 Å². The molecule has 0 aromatic rings.